The summed E-state index contributed by atoms with van der Waals surface area (Å²) < 4.78 is 1.52. The zero-order valence-corrected chi connectivity index (χ0v) is 10.7. The number of nitrogens with one attached hydrogen (secondary N) is 1. The molecule has 1 aliphatic carbocycles. The van der Waals surface area contributed by atoms with Crippen molar-refractivity contribution in [1.29, 1.82) is 0 Å². The minimum atomic E-state index is 0.0156. The van der Waals surface area contributed by atoms with Gasteiger partial charge in [-0.05, 0) is 37.8 Å². The van der Waals surface area contributed by atoms with Crippen molar-refractivity contribution in [2.75, 3.05) is 0 Å². The van der Waals surface area contributed by atoms with Crippen molar-refractivity contribution >= 4 is 11.6 Å². The molecule has 0 fully saturated rings. The molecule has 2 aromatic heterocycles. The summed E-state index contributed by atoms with van der Waals surface area (Å²) in [5.41, 5.74) is 2.60. The highest BCUT2D eigenvalue weighted by Gasteiger charge is 2.18. The average molecular weight is 264 g/mol. The quantitative estimate of drug-likeness (QED) is 0.635. The zero-order chi connectivity index (χ0) is 12.5. The molecular formula is C13H14ClN3O. The number of hydrogen-bond acceptors (Lipinski definition) is 2. The Bertz CT molecular complexity index is 629. The van der Waals surface area contributed by atoms with E-state index in [0.717, 1.165) is 36.9 Å². The molecular weight excluding hydrogens is 250 g/mol. The van der Waals surface area contributed by atoms with E-state index in [1.165, 1.54) is 11.1 Å². The summed E-state index contributed by atoms with van der Waals surface area (Å²) >= 11 is 6.04. The average Bonchev–Trinajstić information content (AvgIpc) is 2.56. The van der Waals surface area contributed by atoms with Gasteiger partial charge in [-0.2, -0.15) is 0 Å². The Morgan fingerprint density at radius 3 is 2.94 bits per heavy atom. The third-order valence-corrected chi connectivity index (χ3v) is 3.70. The maximum atomic E-state index is 12.4. The number of aromatic amines is 1. The molecule has 0 bridgehead atoms. The molecule has 0 unspecified atom stereocenters. The summed E-state index contributed by atoms with van der Waals surface area (Å²) in [6.45, 7) is 0. The van der Waals surface area contributed by atoms with Crippen LogP contribution < -0.4 is 5.56 Å². The van der Waals surface area contributed by atoms with Gasteiger partial charge in [-0.3, -0.25) is 9.89 Å². The second-order valence-corrected chi connectivity index (χ2v) is 4.94. The van der Waals surface area contributed by atoms with Gasteiger partial charge in [-0.1, -0.05) is 18.0 Å². The first-order valence-electron chi connectivity index (χ1n) is 6.21. The van der Waals surface area contributed by atoms with Crippen LogP contribution in [0.3, 0.4) is 0 Å². The predicted molar refractivity (Wildman–Crippen MR) is 70.5 cm³/mol. The number of aryl methyl sites for hydroxylation is 1. The van der Waals surface area contributed by atoms with Gasteiger partial charge in [0, 0.05) is 17.5 Å². The number of rotatable bonds is 1. The largest absolute Gasteiger partial charge is 0.295 e. The molecule has 0 atom stereocenters. The Morgan fingerprint density at radius 2 is 2.11 bits per heavy atom. The van der Waals surface area contributed by atoms with E-state index in [1.54, 1.807) is 18.3 Å². The molecule has 4 nitrogen and oxygen atoms in total. The lowest BCUT2D eigenvalue weighted by molar-refractivity contribution is 0.689. The van der Waals surface area contributed by atoms with Crippen LogP contribution in [-0.2, 0) is 12.8 Å². The standard InChI is InChI=1S/C13H14ClN3O/c14-12-11(7-4-8-15-12)17-13(18)9-5-2-1-3-6-10(9)16-17/h4,7-8,16H,1-3,5-6H2. The summed E-state index contributed by atoms with van der Waals surface area (Å²) in [7, 11) is 0. The van der Waals surface area contributed by atoms with Gasteiger partial charge in [0.2, 0.25) is 0 Å². The van der Waals surface area contributed by atoms with E-state index >= 15 is 0 Å². The number of nitrogens with zero attached hydrogens (tertiary/aromatic N) is 2. The lowest BCUT2D eigenvalue weighted by Crippen LogP contribution is -2.17. The minimum absolute atomic E-state index is 0.0156. The molecule has 18 heavy (non-hydrogen) atoms. The molecule has 0 saturated heterocycles. The van der Waals surface area contributed by atoms with Gasteiger partial charge in [0.05, 0.1) is 0 Å². The minimum Gasteiger partial charge on any atom is -0.295 e. The number of fused-ring (bicyclic) bond motifs is 1. The maximum Gasteiger partial charge on any atom is 0.274 e. The molecule has 0 radical (unpaired) electrons. The second kappa shape index (κ2) is 4.61. The van der Waals surface area contributed by atoms with E-state index in [4.69, 9.17) is 11.6 Å². The van der Waals surface area contributed by atoms with Crippen LogP contribution in [0.1, 0.15) is 30.5 Å². The number of H-pyrrole nitrogens is 1. The highest BCUT2D eigenvalue weighted by molar-refractivity contribution is 6.31. The van der Waals surface area contributed by atoms with Crippen LogP contribution in [0.15, 0.2) is 23.1 Å². The molecule has 0 aromatic carbocycles. The monoisotopic (exact) mass is 263 g/mol. The molecule has 0 spiro atoms. The molecule has 0 saturated carbocycles. The van der Waals surface area contributed by atoms with E-state index < -0.39 is 0 Å². The van der Waals surface area contributed by atoms with Gasteiger partial charge >= 0.3 is 0 Å². The van der Waals surface area contributed by atoms with Crippen molar-refractivity contribution in [3.63, 3.8) is 0 Å². The van der Waals surface area contributed by atoms with Gasteiger partial charge in [-0.25, -0.2) is 9.67 Å². The third kappa shape index (κ3) is 1.86. The first-order valence-corrected chi connectivity index (χ1v) is 6.59. The summed E-state index contributed by atoms with van der Waals surface area (Å²) in [6.07, 6.45) is 6.82. The van der Waals surface area contributed by atoms with Gasteiger partial charge in [-0.15, -0.1) is 0 Å². The number of pyridine rings is 1. The third-order valence-electron chi connectivity index (χ3n) is 3.41. The fourth-order valence-corrected chi connectivity index (χ4v) is 2.68. The lowest BCUT2D eigenvalue weighted by Gasteiger charge is -2.03. The summed E-state index contributed by atoms with van der Waals surface area (Å²) in [5, 5.41) is 3.52. The Morgan fingerprint density at radius 1 is 1.28 bits per heavy atom. The fourth-order valence-electron chi connectivity index (χ4n) is 2.48. The van der Waals surface area contributed by atoms with E-state index in [1.807, 2.05) is 0 Å². The van der Waals surface area contributed by atoms with Crippen molar-refractivity contribution in [2.45, 2.75) is 32.1 Å². The van der Waals surface area contributed by atoms with Crippen molar-refractivity contribution in [3.05, 3.63) is 45.1 Å². The van der Waals surface area contributed by atoms with Crippen LogP contribution in [0.2, 0.25) is 5.15 Å². The summed E-state index contributed by atoms with van der Waals surface area (Å²) in [6, 6.07) is 3.58. The second-order valence-electron chi connectivity index (χ2n) is 4.58. The predicted octanol–water partition coefficient (Wildman–Crippen LogP) is 2.48. The Labute approximate surface area is 110 Å². The molecule has 0 amide bonds. The Balaban J connectivity index is 2.15. The van der Waals surface area contributed by atoms with Crippen molar-refractivity contribution in [3.8, 4) is 5.69 Å². The Hall–Kier alpha value is -1.55. The highest BCUT2D eigenvalue weighted by atomic mass is 35.5. The van der Waals surface area contributed by atoms with Gasteiger partial charge < -0.3 is 0 Å². The topological polar surface area (TPSA) is 50.7 Å². The normalized spacial score (nSPS) is 15.2. The van der Waals surface area contributed by atoms with Gasteiger partial charge in [0.25, 0.3) is 5.56 Å². The smallest absolute Gasteiger partial charge is 0.274 e. The SMILES string of the molecule is O=c1c2c([nH]n1-c1cccnc1Cl)CCCCC2. The lowest BCUT2D eigenvalue weighted by atomic mass is 10.1. The van der Waals surface area contributed by atoms with Crippen LogP contribution in [-0.4, -0.2) is 14.8 Å². The molecule has 3 rings (SSSR count). The molecule has 0 aliphatic heterocycles. The van der Waals surface area contributed by atoms with Crippen molar-refractivity contribution in [1.82, 2.24) is 14.8 Å². The zero-order valence-electron chi connectivity index (χ0n) is 9.95. The molecule has 1 aliphatic rings. The molecule has 94 valence electrons. The van der Waals surface area contributed by atoms with Crippen molar-refractivity contribution in [2.24, 2.45) is 0 Å². The van der Waals surface area contributed by atoms with Crippen LogP contribution in [0.4, 0.5) is 0 Å². The first kappa shape index (κ1) is 11.5. The van der Waals surface area contributed by atoms with Crippen molar-refractivity contribution < 1.29 is 0 Å². The maximum absolute atomic E-state index is 12.4. The van der Waals surface area contributed by atoms with Gasteiger partial charge in [0.15, 0.2) is 5.15 Å². The first-order chi connectivity index (χ1) is 8.77. The molecule has 2 aromatic rings. The van der Waals surface area contributed by atoms with Crippen LogP contribution >= 0.6 is 11.6 Å². The van der Waals surface area contributed by atoms with Crippen LogP contribution in [0, 0.1) is 0 Å². The van der Waals surface area contributed by atoms with E-state index in [2.05, 4.69) is 10.1 Å². The highest BCUT2D eigenvalue weighted by Crippen LogP contribution is 2.19. The van der Waals surface area contributed by atoms with Crippen LogP contribution in [0.25, 0.3) is 5.69 Å². The molecule has 5 heteroatoms. The molecule has 2 heterocycles. The summed E-state index contributed by atoms with van der Waals surface area (Å²) in [4.78, 5) is 16.4. The summed E-state index contributed by atoms with van der Waals surface area (Å²) in [5.74, 6) is 0. The Kier molecular flexibility index (Phi) is 2.96. The van der Waals surface area contributed by atoms with E-state index in [-0.39, 0.29) is 5.56 Å². The molecule has 1 N–H and O–H groups in total. The van der Waals surface area contributed by atoms with E-state index in [0.29, 0.717) is 10.8 Å². The van der Waals surface area contributed by atoms with Crippen LogP contribution in [0.5, 0.6) is 0 Å². The number of halogens is 1. The van der Waals surface area contributed by atoms with Gasteiger partial charge in [0.1, 0.15) is 5.69 Å². The number of hydrogen-bond donors (Lipinski definition) is 1. The fraction of sp³-hybridized carbons (Fsp3) is 0.385. The van der Waals surface area contributed by atoms with E-state index in [9.17, 15) is 4.79 Å². The number of aromatic nitrogens is 3.